The average molecular weight is 224 g/mol. The van der Waals surface area contributed by atoms with Gasteiger partial charge in [0.2, 0.25) is 5.79 Å². The summed E-state index contributed by atoms with van der Waals surface area (Å²) in [6.07, 6.45) is 3.41. The third-order valence-corrected chi connectivity index (χ3v) is 2.74. The second-order valence-electron chi connectivity index (χ2n) is 5.26. The Kier molecular flexibility index (Phi) is 3.51. The van der Waals surface area contributed by atoms with E-state index in [0.717, 1.165) is 18.6 Å². The molecule has 1 heterocycles. The van der Waals surface area contributed by atoms with Crippen molar-refractivity contribution < 1.29 is 9.47 Å². The fourth-order valence-electron chi connectivity index (χ4n) is 1.19. The predicted octanol–water partition coefficient (Wildman–Crippen LogP) is 3.27. The minimum atomic E-state index is -1.21. The minimum Gasteiger partial charge on any atom is -0.457 e. The van der Waals surface area contributed by atoms with Crippen LogP contribution >= 0.6 is 0 Å². The van der Waals surface area contributed by atoms with Crippen LogP contribution in [0.1, 0.15) is 26.7 Å². The zero-order chi connectivity index (χ0) is 11.5. The molecule has 0 N–H and O–H groups in total. The number of allylic oxidation sites excluding steroid dienone is 1. The van der Waals surface area contributed by atoms with Crippen LogP contribution in [-0.2, 0) is 9.47 Å². The Hall–Kier alpha value is -0.883. The molecule has 0 aromatic heterocycles. The van der Waals surface area contributed by atoms with Crippen LogP contribution in [-0.4, -0.2) is 13.9 Å². The largest absolute Gasteiger partial charge is 0.457 e. The van der Waals surface area contributed by atoms with Crippen LogP contribution in [0, 0.1) is 11.5 Å². The van der Waals surface area contributed by atoms with E-state index in [-0.39, 0.29) is 0 Å². The van der Waals surface area contributed by atoms with Gasteiger partial charge >= 0.3 is 0 Å². The molecule has 3 heteroatoms. The van der Waals surface area contributed by atoms with Gasteiger partial charge in [0.05, 0.1) is 0 Å². The molecule has 1 aliphatic heterocycles. The first-order chi connectivity index (χ1) is 6.79. The van der Waals surface area contributed by atoms with Crippen molar-refractivity contribution >= 4 is 8.07 Å². The van der Waals surface area contributed by atoms with E-state index >= 15 is 0 Å². The van der Waals surface area contributed by atoms with Gasteiger partial charge in [0.25, 0.3) is 0 Å². The molecule has 0 saturated carbocycles. The standard InChI is InChI=1S/C12H20O2Si/c1-12(2)13-10-11(14-12)8-6-7-9-15(3,4)5/h10H,6,8H2,1-5H3. The van der Waals surface area contributed by atoms with E-state index in [4.69, 9.17) is 9.47 Å². The summed E-state index contributed by atoms with van der Waals surface area (Å²) in [5.41, 5.74) is 3.33. The third-order valence-electron chi connectivity index (χ3n) is 1.81. The predicted molar refractivity (Wildman–Crippen MR) is 64.7 cm³/mol. The first-order valence-electron chi connectivity index (χ1n) is 5.34. The highest BCUT2D eigenvalue weighted by Crippen LogP contribution is 2.26. The molecule has 0 atom stereocenters. The van der Waals surface area contributed by atoms with Crippen molar-refractivity contribution in [2.24, 2.45) is 0 Å². The summed E-state index contributed by atoms with van der Waals surface area (Å²) in [6.45, 7) is 10.6. The maximum absolute atomic E-state index is 5.56. The van der Waals surface area contributed by atoms with E-state index in [1.54, 1.807) is 6.26 Å². The number of ether oxygens (including phenoxy) is 2. The van der Waals surface area contributed by atoms with Gasteiger partial charge in [0.15, 0.2) is 0 Å². The van der Waals surface area contributed by atoms with Crippen LogP contribution in [0.15, 0.2) is 12.0 Å². The fourth-order valence-corrected chi connectivity index (χ4v) is 1.85. The van der Waals surface area contributed by atoms with Crippen molar-refractivity contribution in [3.05, 3.63) is 12.0 Å². The molecule has 15 heavy (non-hydrogen) atoms. The summed E-state index contributed by atoms with van der Waals surface area (Å²) in [4.78, 5) is 0. The van der Waals surface area contributed by atoms with E-state index in [9.17, 15) is 0 Å². The van der Waals surface area contributed by atoms with Gasteiger partial charge in [-0.25, -0.2) is 0 Å². The van der Waals surface area contributed by atoms with Gasteiger partial charge in [-0.3, -0.25) is 0 Å². The van der Waals surface area contributed by atoms with Crippen molar-refractivity contribution in [2.45, 2.75) is 52.1 Å². The molecule has 2 nitrogen and oxygen atoms in total. The number of rotatable bonds is 2. The fraction of sp³-hybridized carbons (Fsp3) is 0.667. The van der Waals surface area contributed by atoms with E-state index in [2.05, 4.69) is 31.1 Å². The highest BCUT2D eigenvalue weighted by Gasteiger charge is 2.26. The SMILES string of the molecule is CC1(C)OC=C(CCC#C[Si](C)(C)C)O1. The van der Waals surface area contributed by atoms with Gasteiger partial charge in [-0.05, 0) is 0 Å². The Labute approximate surface area is 93.7 Å². The molecule has 0 bridgehead atoms. The first kappa shape index (κ1) is 12.2. The molecule has 0 aromatic rings. The molecule has 0 radical (unpaired) electrons. The van der Waals surface area contributed by atoms with Crippen LogP contribution < -0.4 is 0 Å². The molecular weight excluding hydrogens is 204 g/mol. The summed E-state index contributed by atoms with van der Waals surface area (Å²) in [5, 5.41) is 0. The second kappa shape index (κ2) is 4.32. The Morgan fingerprint density at radius 3 is 2.47 bits per heavy atom. The Balaban J connectivity index is 2.31. The molecule has 1 aliphatic rings. The second-order valence-corrected chi connectivity index (χ2v) is 10.0. The molecule has 84 valence electrons. The summed E-state index contributed by atoms with van der Waals surface area (Å²) in [5.74, 6) is 3.64. The molecule has 0 fully saturated rings. The summed E-state index contributed by atoms with van der Waals surface area (Å²) in [6, 6.07) is 0. The van der Waals surface area contributed by atoms with Gasteiger partial charge < -0.3 is 9.47 Å². The van der Waals surface area contributed by atoms with E-state index < -0.39 is 13.9 Å². The van der Waals surface area contributed by atoms with Crippen LogP contribution in [0.5, 0.6) is 0 Å². The summed E-state index contributed by atoms with van der Waals surface area (Å²) >= 11 is 0. The number of hydrogen-bond donors (Lipinski definition) is 0. The van der Waals surface area contributed by atoms with Gasteiger partial charge in [-0.2, -0.15) is 0 Å². The lowest BCUT2D eigenvalue weighted by molar-refractivity contribution is -0.117. The van der Waals surface area contributed by atoms with Crippen molar-refractivity contribution in [1.82, 2.24) is 0 Å². The van der Waals surface area contributed by atoms with Crippen LogP contribution in [0.2, 0.25) is 19.6 Å². The van der Waals surface area contributed by atoms with Crippen LogP contribution in [0.4, 0.5) is 0 Å². The normalized spacial score (nSPS) is 18.3. The van der Waals surface area contributed by atoms with E-state index in [1.165, 1.54) is 0 Å². The smallest absolute Gasteiger partial charge is 0.244 e. The van der Waals surface area contributed by atoms with Crippen molar-refractivity contribution in [2.75, 3.05) is 0 Å². The Morgan fingerprint density at radius 1 is 1.33 bits per heavy atom. The lowest BCUT2D eigenvalue weighted by Crippen LogP contribution is -2.20. The zero-order valence-electron chi connectivity index (χ0n) is 10.3. The van der Waals surface area contributed by atoms with Gasteiger partial charge in [-0.15, -0.1) is 11.5 Å². The van der Waals surface area contributed by atoms with Gasteiger partial charge in [0.1, 0.15) is 20.1 Å². The van der Waals surface area contributed by atoms with Gasteiger partial charge in [0, 0.05) is 26.7 Å². The lowest BCUT2D eigenvalue weighted by atomic mass is 10.3. The average Bonchev–Trinajstić information content (AvgIpc) is 2.38. The van der Waals surface area contributed by atoms with E-state index in [1.807, 2.05) is 13.8 Å². The quantitative estimate of drug-likeness (QED) is 0.529. The van der Waals surface area contributed by atoms with E-state index in [0.29, 0.717) is 0 Å². The Morgan fingerprint density at radius 2 is 2.00 bits per heavy atom. The Bertz CT molecular complexity index is 313. The van der Waals surface area contributed by atoms with Crippen LogP contribution in [0.25, 0.3) is 0 Å². The maximum atomic E-state index is 5.56. The molecule has 0 saturated heterocycles. The lowest BCUT2D eigenvalue weighted by Gasteiger charge is -2.17. The topological polar surface area (TPSA) is 18.5 Å². The minimum absolute atomic E-state index is 0.485. The van der Waals surface area contributed by atoms with Crippen molar-refractivity contribution in [3.8, 4) is 11.5 Å². The highest BCUT2D eigenvalue weighted by molar-refractivity contribution is 6.83. The highest BCUT2D eigenvalue weighted by atomic mass is 28.3. The first-order valence-corrected chi connectivity index (χ1v) is 8.84. The zero-order valence-corrected chi connectivity index (χ0v) is 11.3. The molecular formula is C12H20O2Si. The maximum Gasteiger partial charge on any atom is 0.244 e. The summed E-state index contributed by atoms with van der Waals surface area (Å²) < 4.78 is 10.9. The third kappa shape index (κ3) is 4.94. The molecule has 1 rings (SSSR count). The van der Waals surface area contributed by atoms with Crippen molar-refractivity contribution in [3.63, 3.8) is 0 Å². The molecule has 0 aliphatic carbocycles. The van der Waals surface area contributed by atoms with Crippen LogP contribution in [0.3, 0.4) is 0 Å². The molecule has 0 aromatic carbocycles. The number of hydrogen-bond acceptors (Lipinski definition) is 2. The molecule has 0 unspecified atom stereocenters. The molecule has 0 spiro atoms. The summed E-state index contributed by atoms with van der Waals surface area (Å²) in [7, 11) is -1.21. The van der Waals surface area contributed by atoms with Gasteiger partial charge in [-0.1, -0.05) is 19.6 Å². The molecule has 0 amide bonds. The van der Waals surface area contributed by atoms with Crippen molar-refractivity contribution in [1.29, 1.82) is 0 Å². The monoisotopic (exact) mass is 224 g/mol.